The normalized spacial score (nSPS) is 15.4. The smallest absolute Gasteiger partial charge is 0.337 e. The predicted octanol–water partition coefficient (Wildman–Crippen LogP) is 3.45. The van der Waals surface area contributed by atoms with E-state index in [0.29, 0.717) is 37.7 Å². The molecule has 5 nitrogen and oxygen atoms in total. The van der Waals surface area contributed by atoms with Gasteiger partial charge in [-0.05, 0) is 41.6 Å². The Hall–Kier alpha value is -2.55. The third-order valence-corrected chi connectivity index (χ3v) is 4.70. The molecule has 0 atom stereocenters. The van der Waals surface area contributed by atoms with Crippen LogP contribution < -0.4 is 4.90 Å². The summed E-state index contributed by atoms with van der Waals surface area (Å²) in [5.41, 5.74) is -3.63. The number of thioether (sulfide) groups is 1. The van der Waals surface area contributed by atoms with Gasteiger partial charge in [0.15, 0.2) is 0 Å². The van der Waals surface area contributed by atoms with Crippen molar-refractivity contribution in [1.29, 1.82) is 0 Å². The van der Waals surface area contributed by atoms with E-state index in [4.69, 9.17) is 0 Å². The SMILES string of the molecule is O=C(/C=C/c1ccc(SC(F)(F)F)cc1)N1CCN(c2ncccn2)CC1. The summed E-state index contributed by atoms with van der Waals surface area (Å²) in [5, 5.41) is 0. The molecule has 0 bridgehead atoms. The Morgan fingerprint density at radius 1 is 1.04 bits per heavy atom. The molecular weight excluding hydrogens is 377 g/mol. The molecule has 0 aliphatic carbocycles. The van der Waals surface area contributed by atoms with Crippen molar-refractivity contribution in [2.75, 3.05) is 31.1 Å². The number of carbonyl (C=O) groups excluding carboxylic acids is 1. The van der Waals surface area contributed by atoms with Gasteiger partial charge in [-0.15, -0.1) is 0 Å². The molecule has 2 aromatic rings. The van der Waals surface area contributed by atoms with Gasteiger partial charge in [-0.3, -0.25) is 4.79 Å². The Balaban J connectivity index is 1.52. The van der Waals surface area contributed by atoms with Crippen LogP contribution in [-0.2, 0) is 4.79 Å². The molecule has 27 heavy (non-hydrogen) atoms. The van der Waals surface area contributed by atoms with Crippen LogP contribution in [0.5, 0.6) is 0 Å². The highest BCUT2D eigenvalue weighted by atomic mass is 32.2. The fourth-order valence-corrected chi connectivity index (χ4v) is 3.17. The van der Waals surface area contributed by atoms with Gasteiger partial charge in [-0.1, -0.05) is 12.1 Å². The number of piperazine rings is 1. The fraction of sp³-hybridized carbons (Fsp3) is 0.278. The third kappa shape index (κ3) is 5.72. The Morgan fingerprint density at radius 3 is 2.26 bits per heavy atom. The van der Waals surface area contributed by atoms with Crippen molar-refractivity contribution in [3.63, 3.8) is 0 Å². The number of benzene rings is 1. The minimum Gasteiger partial charge on any atom is -0.337 e. The van der Waals surface area contributed by atoms with E-state index in [0.717, 1.165) is 0 Å². The average molecular weight is 394 g/mol. The van der Waals surface area contributed by atoms with Crippen LogP contribution in [0.15, 0.2) is 53.7 Å². The summed E-state index contributed by atoms with van der Waals surface area (Å²) in [6.07, 6.45) is 6.42. The predicted molar refractivity (Wildman–Crippen MR) is 98.2 cm³/mol. The highest BCUT2D eigenvalue weighted by Gasteiger charge is 2.29. The van der Waals surface area contributed by atoms with Crippen molar-refractivity contribution >= 4 is 29.7 Å². The first-order valence-corrected chi connectivity index (χ1v) is 9.07. The zero-order valence-corrected chi connectivity index (χ0v) is 15.1. The molecule has 1 aliphatic rings. The number of nitrogens with zero attached hydrogens (tertiary/aromatic N) is 4. The highest BCUT2D eigenvalue weighted by molar-refractivity contribution is 8.00. The first-order valence-electron chi connectivity index (χ1n) is 8.25. The number of halogens is 3. The average Bonchev–Trinajstić information content (AvgIpc) is 2.67. The van der Waals surface area contributed by atoms with Gasteiger partial charge in [0.2, 0.25) is 11.9 Å². The number of carbonyl (C=O) groups is 1. The molecule has 1 amide bonds. The summed E-state index contributed by atoms with van der Waals surface area (Å²) >= 11 is -0.159. The van der Waals surface area contributed by atoms with Gasteiger partial charge >= 0.3 is 5.51 Å². The van der Waals surface area contributed by atoms with Gasteiger partial charge in [-0.25, -0.2) is 9.97 Å². The van der Waals surface area contributed by atoms with Crippen molar-refractivity contribution in [2.24, 2.45) is 0 Å². The lowest BCUT2D eigenvalue weighted by Gasteiger charge is -2.34. The van der Waals surface area contributed by atoms with Crippen molar-refractivity contribution < 1.29 is 18.0 Å². The molecule has 0 saturated carbocycles. The first kappa shape index (κ1) is 19.2. The molecule has 1 aliphatic heterocycles. The van der Waals surface area contributed by atoms with E-state index in [1.807, 2.05) is 4.90 Å². The lowest BCUT2D eigenvalue weighted by Crippen LogP contribution is -2.48. The number of amides is 1. The van der Waals surface area contributed by atoms with Crippen LogP contribution in [0, 0.1) is 0 Å². The zero-order valence-electron chi connectivity index (χ0n) is 14.3. The molecule has 9 heteroatoms. The van der Waals surface area contributed by atoms with Crippen LogP contribution in [0.3, 0.4) is 0 Å². The van der Waals surface area contributed by atoms with Gasteiger partial charge in [0.1, 0.15) is 0 Å². The van der Waals surface area contributed by atoms with Crippen molar-refractivity contribution in [3.05, 3.63) is 54.4 Å². The Kier molecular flexibility index (Phi) is 6.00. The number of aromatic nitrogens is 2. The van der Waals surface area contributed by atoms with E-state index in [2.05, 4.69) is 9.97 Å². The molecule has 1 aromatic carbocycles. The summed E-state index contributed by atoms with van der Waals surface area (Å²) < 4.78 is 37.0. The third-order valence-electron chi connectivity index (χ3n) is 3.96. The Bertz CT molecular complexity index is 789. The number of rotatable bonds is 4. The van der Waals surface area contributed by atoms with Crippen LogP contribution in [-0.4, -0.2) is 52.5 Å². The van der Waals surface area contributed by atoms with Gasteiger partial charge < -0.3 is 9.80 Å². The maximum Gasteiger partial charge on any atom is 0.446 e. The first-order chi connectivity index (χ1) is 12.9. The summed E-state index contributed by atoms with van der Waals surface area (Å²) in [6, 6.07) is 7.65. The second-order valence-corrected chi connectivity index (χ2v) is 6.95. The maximum absolute atomic E-state index is 12.3. The van der Waals surface area contributed by atoms with Gasteiger partial charge in [0.25, 0.3) is 0 Å². The standard InChI is InChI=1S/C18H17F3N4OS/c19-18(20,21)27-15-5-2-14(3-6-15)4-7-16(26)24-10-12-25(13-11-24)17-22-8-1-9-23-17/h1-9H,10-13H2/b7-4+. The van der Waals surface area contributed by atoms with E-state index < -0.39 is 5.51 Å². The summed E-state index contributed by atoms with van der Waals surface area (Å²) in [7, 11) is 0. The van der Waals surface area contributed by atoms with Crippen molar-refractivity contribution in [1.82, 2.24) is 14.9 Å². The topological polar surface area (TPSA) is 49.3 Å². The maximum atomic E-state index is 12.3. The summed E-state index contributed by atoms with van der Waals surface area (Å²) in [5.74, 6) is 0.523. The lowest BCUT2D eigenvalue weighted by atomic mass is 10.2. The highest BCUT2D eigenvalue weighted by Crippen LogP contribution is 2.36. The Morgan fingerprint density at radius 2 is 1.67 bits per heavy atom. The second kappa shape index (κ2) is 8.43. The molecule has 0 radical (unpaired) electrons. The summed E-state index contributed by atoms with van der Waals surface area (Å²) in [6.45, 7) is 2.41. The molecule has 0 unspecified atom stereocenters. The fourth-order valence-electron chi connectivity index (χ4n) is 2.63. The molecular formula is C18H17F3N4OS. The molecule has 3 rings (SSSR count). The minimum absolute atomic E-state index is 0.116. The quantitative estimate of drug-likeness (QED) is 0.587. The van der Waals surface area contributed by atoms with Crippen LogP contribution in [0.1, 0.15) is 5.56 Å². The second-order valence-electron chi connectivity index (χ2n) is 5.81. The van der Waals surface area contributed by atoms with Crippen LogP contribution in [0.25, 0.3) is 6.08 Å². The molecule has 0 N–H and O–H groups in total. The summed E-state index contributed by atoms with van der Waals surface area (Å²) in [4.78, 5) is 24.6. The van der Waals surface area contributed by atoms with Crippen LogP contribution in [0.2, 0.25) is 0 Å². The molecule has 142 valence electrons. The molecule has 1 saturated heterocycles. The van der Waals surface area contributed by atoms with Gasteiger partial charge in [0, 0.05) is 49.5 Å². The van der Waals surface area contributed by atoms with Crippen molar-refractivity contribution in [3.8, 4) is 0 Å². The van der Waals surface area contributed by atoms with Gasteiger partial charge in [0.05, 0.1) is 0 Å². The molecule has 1 fully saturated rings. The van der Waals surface area contributed by atoms with E-state index >= 15 is 0 Å². The molecule has 1 aromatic heterocycles. The molecule has 2 heterocycles. The van der Waals surface area contributed by atoms with E-state index in [9.17, 15) is 18.0 Å². The molecule has 0 spiro atoms. The van der Waals surface area contributed by atoms with E-state index in [1.54, 1.807) is 41.6 Å². The Labute approximate surface area is 158 Å². The number of anilines is 1. The monoisotopic (exact) mass is 394 g/mol. The number of alkyl halides is 3. The zero-order chi connectivity index (χ0) is 19.3. The number of hydrogen-bond acceptors (Lipinski definition) is 5. The minimum atomic E-state index is -4.31. The lowest BCUT2D eigenvalue weighted by molar-refractivity contribution is -0.126. The van der Waals surface area contributed by atoms with E-state index in [1.165, 1.54) is 18.2 Å². The van der Waals surface area contributed by atoms with Crippen LogP contribution in [0.4, 0.5) is 19.1 Å². The van der Waals surface area contributed by atoms with Gasteiger partial charge in [-0.2, -0.15) is 13.2 Å². The largest absolute Gasteiger partial charge is 0.446 e. The van der Waals surface area contributed by atoms with Crippen molar-refractivity contribution in [2.45, 2.75) is 10.4 Å². The van der Waals surface area contributed by atoms with Crippen LogP contribution >= 0.6 is 11.8 Å². The number of hydrogen-bond donors (Lipinski definition) is 0. The van der Waals surface area contributed by atoms with E-state index in [-0.39, 0.29) is 22.6 Å².